The lowest BCUT2D eigenvalue weighted by atomic mass is 10.1. The first kappa shape index (κ1) is 13.9. The highest BCUT2D eigenvalue weighted by molar-refractivity contribution is 5.74. The van der Waals surface area contributed by atoms with E-state index in [1.807, 2.05) is 0 Å². The van der Waals surface area contributed by atoms with Crippen LogP contribution in [0.2, 0.25) is 0 Å². The zero-order chi connectivity index (χ0) is 13.5. The van der Waals surface area contributed by atoms with Crippen LogP contribution in [0.5, 0.6) is 0 Å². The highest BCUT2D eigenvalue weighted by atomic mass is 16.5. The summed E-state index contributed by atoms with van der Waals surface area (Å²) in [4.78, 5) is 11.6. The third-order valence-corrected chi connectivity index (χ3v) is 3.13. The number of aliphatic hydroxyl groups is 1. The highest BCUT2D eigenvalue weighted by Crippen LogP contribution is 2.15. The Bertz CT molecular complexity index is 374. The average molecular weight is 268 g/mol. The maximum Gasteiger partial charge on any atom is 0.315 e. The monoisotopic (exact) mass is 268 g/mol. The minimum absolute atomic E-state index is 0.184. The summed E-state index contributed by atoms with van der Waals surface area (Å²) in [7, 11) is 0. The fourth-order valence-electron chi connectivity index (χ4n) is 2.02. The molecule has 19 heavy (non-hydrogen) atoms. The van der Waals surface area contributed by atoms with Gasteiger partial charge in [0.25, 0.3) is 0 Å². The summed E-state index contributed by atoms with van der Waals surface area (Å²) in [6.45, 7) is 1.79. The maximum absolute atomic E-state index is 11.6. The molecular formula is C13H20N2O4. The van der Waals surface area contributed by atoms with E-state index in [9.17, 15) is 9.90 Å². The van der Waals surface area contributed by atoms with E-state index >= 15 is 0 Å². The molecule has 1 fully saturated rings. The molecule has 2 rings (SSSR count). The Morgan fingerprint density at radius 1 is 1.47 bits per heavy atom. The molecule has 106 valence electrons. The number of rotatable bonds is 5. The van der Waals surface area contributed by atoms with Crippen molar-refractivity contribution in [2.75, 3.05) is 19.8 Å². The van der Waals surface area contributed by atoms with Crippen LogP contribution in [0, 0.1) is 0 Å². The summed E-state index contributed by atoms with van der Waals surface area (Å²) in [5.74, 6) is 0.520. The van der Waals surface area contributed by atoms with Crippen LogP contribution in [-0.4, -0.2) is 36.9 Å². The molecule has 2 heterocycles. The van der Waals surface area contributed by atoms with E-state index in [1.54, 1.807) is 12.1 Å². The number of carbonyl (C=O) groups excluding carboxylic acids is 1. The van der Waals surface area contributed by atoms with Crippen molar-refractivity contribution >= 4 is 6.03 Å². The van der Waals surface area contributed by atoms with Gasteiger partial charge in [0.1, 0.15) is 11.9 Å². The minimum atomic E-state index is -0.682. The molecule has 1 saturated heterocycles. The van der Waals surface area contributed by atoms with Gasteiger partial charge in [-0.25, -0.2) is 4.79 Å². The summed E-state index contributed by atoms with van der Waals surface area (Å²) in [5.41, 5.74) is 0. The molecule has 0 unspecified atom stereocenters. The van der Waals surface area contributed by atoms with Crippen molar-refractivity contribution in [3.63, 3.8) is 0 Å². The Morgan fingerprint density at radius 3 is 2.95 bits per heavy atom. The van der Waals surface area contributed by atoms with Crippen molar-refractivity contribution in [1.29, 1.82) is 0 Å². The Kier molecular flexibility index (Phi) is 5.23. The quantitative estimate of drug-likeness (QED) is 0.748. The van der Waals surface area contributed by atoms with E-state index in [-0.39, 0.29) is 12.1 Å². The van der Waals surface area contributed by atoms with Gasteiger partial charge in [-0.3, -0.25) is 0 Å². The summed E-state index contributed by atoms with van der Waals surface area (Å²) in [6.07, 6.45) is 2.96. The molecule has 0 aromatic carbocycles. The van der Waals surface area contributed by atoms with Crippen LogP contribution >= 0.6 is 0 Å². The van der Waals surface area contributed by atoms with E-state index in [1.165, 1.54) is 6.26 Å². The molecule has 1 atom stereocenters. The smallest absolute Gasteiger partial charge is 0.315 e. The zero-order valence-electron chi connectivity index (χ0n) is 10.8. The third kappa shape index (κ3) is 4.57. The molecule has 3 N–H and O–H groups in total. The Morgan fingerprint density at radius 2 is 2.26 bits per heavy atom. The maximum atomic E-state index is 11.6. The van der Waals surface area contributed by atoms with Crippen molar-refractivity contribution in [2.24, 2.45) is 0 Å². The van der Waals surface area contributed by atoms with Gasteiger partial charge in [-0.2, -0.15) is 0 Å². The Hall–Kier alpha value is -1.53. The molecule has 0 bridgehead atoms. The van der Waals surface area contributed by atoms with Crippen molar-refractivity contribution < 1.29 is 19.1 Å². The Balaban J connectivity index is 1.61. The molecule has 0 saturated carbocycles. The summed E-state index contributed by atoms with van der Waals surface area (Å²) in [5, 5.41) is 15.4. The van der Waals surface area contributed by atoms with Gasteiger partial charge in [-0.15, -0.1) is 0 Å². The van der Waals surface area contributed by atoms with E-state index in [0.29, 0.717) is 31.9 Å². The highest BCUT2D eigenvalue weighted by Gasteiger charge is 2.16. The second-order valence-electron chi connectivity index (χ2n) is 4.61. The number of furan rings is 1. The van der Waals surface area contributed by atoms with Crippen LogP contribution in [0.15, 0.2) is 22.8 Å². The molecular weight excluding hydrogens is 248 g/mol. The van der Waals surface area contributed by atoms with Crippen LogP contribution in [-0.2, 0) is 4.74 Å². The topological polar surface area (TPSA) is 83.7 Å². The van der Waals surface area contributed by atoms with Crippen LogP contribution in [0.4, 0.5) is 4.79 Å². The SMILES string of the molecule is O=C(NCC[C@H](O)c1ccco1)NC1CCOCC1. The van der Waals surface area contributed by atoms with Crippen LogP contribution in [0.25, 0.3) is 0 Å². The predicted octanol–water partition coefficient (Wildman–Crippen LogP) is 1.18. The normalized spacial score (nSPS) is 17.9. The Labute approximate surface area is 112 Å². The van der Waals surface area contributed by atoms with Crippen molar-refractivity contribution in [1.82, 2.24) is 10.6 Å². The van der Waals surface area contributed by atoms with Crippen LogP contribution in [0.3, 0.4) is 0 Å². The summed E-state index contributed by atoms with van der Waals surface area (Å²) < 4.78 is 10.3. The van der Waals surface area contributed by atoms with E-state index in [0.717, 1.165) is 12.8 Å². The molecule has 2 amide bonds. The number of ether oxygens (including phenoxy) is 1. The lowest BCUT2D eigenvalue weighted by Gasteiger charge is -2.23. The van der Waals surface area contributed by atoms with E-state index < -0.39 is 6.10 Å². The van der Waals surface area contributed by atoms with Crippen LogP contribution < -0.4 is 10.6 Å². The molecule has 1 aliphatic heterocycles. The van der Waals surface area contributed by atoms with Gasteiger partial charge in [0.15, 0.2) is 0 Å². The molecule has 6 nitrogen and oxygen atoms in total. The predicted molar refractivity (Wildman–Crippen MR) is 68.7 cm³/mol. The first-order valence-electron chi connectivity index (χ1n) is 6.59. The second kappa shape index (κ2) is 7.16. The lowest BCUT2D eigenvalue weighted by Crippen LogP contribution is -2.44. The van der Waals surface area contributed by atoms with Gasteiger partial charge >= 0.3 is 6.03 Å². The average Bonchev–Trinajstić information content (AvgIpc) is 2.93. The zero-order valence-corrected chi connectivity index (χ0v) is 10.8. The summed E-state index contributed by atoms with van der Waals surface area (Å²) >= 11 is 0. The molecule has 0 radical (unpaired) electrons. The second-order valence-corrected chi connectivity index (χ2v) is 4.61. The van der Waals surface area contributed by atoms with E-state index in [2.05, 4.69) is 10.6 Å². The first-order valence-corrected chi connectivity index (χ1v) is 6.59. The number of carbonyl (C=O) groups is 1. The molecule has 0 spiro atoms. The van der Waals surface area contributed by atoms with Gasteiger partial charge in [-0.1, -0.05) is 0 Å². The molecule has 1 aromatic rings. The van der Waals surface area contributed by atoms with Crippen LogP contribution in [0.1, 0.15) is 31.1 Å². The van der Waals surface area contributed by atoms with E-state index in [4.69, 9.17) is 9.15 Å². The number of hydrogen-bond donors (Lipinski definition) is 3. The standard InChI is InChI=1S/C13H20N2O4/c16-11(12-2-1-7-19-12)3-6-14-13(17)15-10-4-8-18-9-5-10/h1-2,7,10-11,16H,3-6,8-9H2,(H2,14,15,17)/t11-/m0/s1. The number of hydrogen-bond acceptors (Lipinski definition) is 4. The van der Waals surface area contributed by atoms with Gasteiger partial charge in [0.05, 0.1) is 6.26 Å². The van der Waals surface area contributed by atoms with Crippen molar-refractivity contribution in [3.05, 3.63) is 24.2 Å². The molecule has 1 aliphatic rings. The number of nitrogens with one attached hydrogen (secondary N) is 2. The largest absolute Gasteiger partial charge is 0.467 e. The van der Waals surface area contributed by atoms with Gasteiger partial charge < -0.3 is 24.9 Å². The fraction of sp³-hybridized carbons (Fsp3) is 0.615. The number of aliphatic hydroxyl groups excluding tert-OH is 1. The van der Waals surface area contributed by atoms with Gasteiger partial charge in [0.2, 0.25) is 0 Å². The number of amides is 2. The minimum Gasteiger partial charge on any atom is -0.467 e. The number of urea groups is 1. The fourth-order valence-corrected chi connectivity index (χ4v) is 2.02. The third-order valence-electron chi connectivity index (χ3n) is 3.13. The van der Waals surface area contributed by atoms with Crippen molar-refractivity contribution in [2.45, 2.75) is 31.4 Å². The van der Waals surface area contributed by atoms with Gasteiger partial charge in [-0.05, 0) is 31.4 Å². The lowest BCUT2D eigenvalue weighted by molar-refractivity contribution is 0.0800. The molecule has 6 heteroatoms. The molecule has 0 aliphatic carbocycles. The van der Waals surface area contributed by atoms with Crippen molar-refractivity contribution in [3.8, 4) is 0 Å². The first-order chi connectivity index (χ1) is 9.25. The van der Waals surface area contributed by atoms with Gasteiger partial charge in [0, 0.05) is 25.8 Å². The summed E-state index contributed by atoms with van der Waals surface area (Å²) in [6, 6.07) is 3.43. The molecule has 1 aromatic heterocycles.